The molecule has 0 aromatic heterocycles. The molecule has 2 heterocycles. The van der Waals surface area contributed by atoms with Crippen molar-refractivity contribution < 1.29 is 43.0 Å². The summed E-state index contributed by atoms with van der Waals surface area (Å²) in [5.41, 5.74) is -1.62. The number of hydroxylamine groups is 2. The molecule has 2 aliphatic heterocycles. The Balaban J connectivity index is 1.97. The van der Waals surface area contributed by atoms with Gasteiger partial charge in [-0.2, -0.15) is 0 Å². The van der Waals surface area contributed by atoms with E-state index in [1.807, 2.05) is 0 Å². The molecule has 0 unspecified atom stereocenters. The van der Waals surface area contributed by atoms with Crippen LogP contribution < -0.4 is 0 Å². The minimum absolute atomic E-state index is 0.0966. The average Bonchev–Trinajstić information content (AvgIpc) is 3.35. The Labute approximate surface area is 207 Å². The van der Waals surface area contributed by atoms with Gasteiger partial charge in [-0.1, -0.05) is 27.2 Å². The van der Waals surface area contributed by atoms with Crippen LogP contribution in [0.2, 0.25) is 0 Å². The molecule has 3 fully saturated rings. The maximum absolute atomic E-state index is 13.5. The second-order valence-electron chi connectivity index (χ2n) is 10.0. The van der Waals surface area contributed by atoms with E-state index < -0.39 is 41.8 Å². The van der Waals surface area contributed by atoms with Gasteiger partial charge in [0.05, 0.1) is 38.3 Å². The molecule has 1 aliphatic carbocycles. The van der Waals surface area contributed by atoms with Gasteiger partial charge in [-0.05, 0) is 56.6 Å². The largest absolute Gasteiger partial charge is 0.464 e. The van der Waals surface area contributed by atoms with Gasteiger partial charge in [0, 0.05) is 6.42 Å². The Morgan fingerprint density at radius 1 is 1.11 bits per heavy atom. The summed E-state index contributed by atoms with van der Waals surface area (Å²) >= 11 is 0. The fourth-order valence-corrected chi connectivity index (χ4v) is 5.58. The van der Waals surface area contributed by atoms with E-state index in [2.05, 4.69) is 20.8 Å². The highest BCUT2D eigenvalue weighted by Crippen LogP contribution is 2.47. The molecule has 0 aromatic carbocycles. The number of cyclic esters (lactones) is 1. The zero-order valence-corrected chi connectivity index (χ0v) is 21.8. The van der Waals surface area contributed by atoms with Crippen LogP contribution in [0.25, 0.3) is 0 Å². The number of carbonyl (C=O) groups excluding carboxylic acids is 3. The standard InChI is InChI=1S/C25H41NO9/c1-7-30-22(28)20-14-25(24(29)31-8-2,26(35-20)32-9-3)18-13-21(27)34-23(18)33-19-12-16(6)10-11-17(19)15(4)5/h15-20,23H,7-14H2,1-6H3/t16-,17+,18-,19-,20+,23-,25+/m1/s1. The van der Waals surface area contributed by atoms with Crippen molar-refractivity contribution in [3.63, 3.8) is 0 Å². The van der Waals surface area contributed by atoms with Crippen molar-refractivity contribution in [3.8, 4) is 0 Å². The summed E-state index contributed by atoms with van der Waals surface area (Å²) in [7, 11) is 0. The lowest BCUT2D eigenvalue weighted by atomic mass is 9.75. The number of rotatable bonds is 10. The smallest absolute Gasteiger partial charge is 0.337 e. The summed E-state index contributed by atoms with van der Waals surface area (Å²) in [6, 6.07) is 0. The van der Waals surface area contributed by atoms with Gasteiger partial charge < -0.3 is 18.9 Å². The summed E-state index contributed by atoms with van der Waals surface area (Å²) in [5, 5.41) is 1.03. The number of hydrogen-bond donors (Lipinski definition) is 0. The van der Waals surface area contributed by atoms with Gasteiger partial charge in [0.1, 0.15) is 0 Å². The lowest BCUT2D eigenvalue weighted by Crippen LogP contribution is -2.59. The molecule has 35 heavy (non-hydrogen) atoms. The lowest BCUT2D eigenvalue weighted by molar-refractivity contribution is -0.393. The van der Waals surface area contributed by atoms with Gasteiger partial charge in [-0.3, -0.25) is 14.5 Å². The van der Waals surface area contributed by atoms with Crippen LogP contribution in [0.5, 0.6) is 0 Å². The fourth-order valence-electron chi connectivity index (χ4n) is 5.58. The third kappa shape index (κ3) is 5.81. The summed E-state index contributed by atoms with van der Waals surface area (Å²) in [5.74, 6) is -1.38. The first-order chi connectivity index (χ1) is 16.7. The van der Waals surface area contributed by atoms with Crippen molar-refractivity contribution >= 4 is 17.9 Å². The van der Waals surface area contributed by atoms with Crippen LogP contribution in [0.4, 0.5) is 0 Å². The van der Waals surface area contributed by atoms with Crippen molar-refractivity contribution in [1.82, 2.24) is 5.23 Å². The van der Waals surface area contributed by atoms with Crippen molar-refractivity contribution in [2.24, 2.45) is 23.7 Å². The van der Waals surface area contributed by atoms with Crippen LogP contribution in [0.3, 0.4) is 0 Å². The Bertz CT molecular complexity index is 759. The number of hydrogen-bond acceptors (Lipinski definition) is 10. The lowest BCUT2D eigenvalue weighted by Gasteiger charge is -2.41. The number of ether oxygens (including phenoxy) is 4. The van der Waals surface area contributed by atoms with Gasteiger partial charge >= 0.3 is 17.9 Å². The molecule has 10 heteroatoms. The molecule has 10 nitrogen and oxygen atoms in total. The van der Waals surface area contributed by atoms with Crippen LogP contribution in [0.1, 0.15) is 73.6 Å². The van der Waals surface area contributed by atoms with E-state index in [4.69, 9.17) is 28.6 Å². The quantitative estimate of drug-likeness (QED) is 0.328. The number of carbonyl (C=O) groups is 3. The monoisotopic (exact) mass is 499 g/mol. The van der Waals surface area contributed by atoms with Gasteiger partial charge in [-0.15, -0.1) is 0 Å². The number of esters is 3. The molecular formula is C25H41NO9. The molecule has 0 aromatic rings. The van der Waals surface area contributed by atoms with Crippen LogP contribution in [-0.2, 0) is 43.0 Å². The highest BCUT2D eigenvalue weighted by atomic mass is 17.0. The average molecular weight is 500 g/mol. The van der Waals surface area contributed by atoms with Crippen LogP contribution in [0.15, 0.2) is 0 Å². The van der Waals surface area contributed by atoms with Crippen molar-refractivity contribution in [2.75, 3.05) is 19.8 Å². The molecular weight excluding hydrogens is 458 g/mol. The van der Waals surface area contributed by atoms with Gasteiger partial charge in [0.2, 0.25) is 6.29 Å². The van der Waals surface area contributed by atoms with Crippen LogP contribution in [0, 0.1) is 23.7 Å². The van der Waals surface area contributed by atoms with Crippen LogP contribution in [-0.4, -0.2) is 67.0 Å². The molecule has 0 N–H and O–H groups in total. The van der Waals surface area contributed by atoms with E-state index in [0.29, 0.717) is 17.8 Å². The maximum Gasteiger partial charge on any atom is 0.337 e. The fraction of sp³-hybridized carbons (Fsp3) is 0.880. The first-order valence-electron chi connectivity index (χ1n) is 13.0. The van der Waals surface area contributed by atoms with Crippen molar-refractivity contribution in [3.05, 3.63) is 0 Å². The third-order valence-electron chi connectivity index (χ3n) is 7.32. The molecule has 3 aliphatic rings. The Morgan fingerprint density at radius 2 is 1.83 bits per heavy atom. The zero-order valence-electron chi connectivity index (χ0n) is 21.8. The molecule has 200 valence electrons. The zero-order chi connectivity index (χ0) is 25.8. The topological polar surface area (TPSA) is 110 Å². The molecule has 0 amide bonds. The molecule has 1 saturated carbocycles. The second-order valence-corrected chi connectivity index (χ2v) is 10.0. The second kappa shape index (κ2) is 12.0. The minimum Gasteiger partial charge on any atom is -0.464 e. The molecule has 0 bridgehead atoms. The van der Waals surface area contributed by atoms with Crippen molar-refractivity contribution in [2.45, 2.75) is 97.7 Å². The van der Waals surface area contributed by atoms with E-state index in [1.54, 1.807) is 20.8 Å². The summed E-state index contributed by atoms with van der Waals surface area (Å²) in [6.45, 7) is 12.1. The Morgan fingerprint density at radius 3 is 2.46 bits per heavy atom. The van der Waals surface area contributed by atoms with E-state index in [-0.39, 0.29) is 38.8 Å². The molecule has 0 radical (unpaired) electrons. The first-order valence-corrected chi connectivity index (χ1v) is 13.0. The van der Waals surface area contributed by atoms with Crippen LogP contribution >= 0.6 is 0 Å². The highest BCUT2D eigenvalue weighted by Gasteiger charge is 2.66. The van der Waals surface area contributed by atoms with Crippen molar-refractivity contribution in [1.29, 1.82) is 0 Å². The molecule has 2 saturated heterocycles. The SMILES string of the molecule is CCOC(=O)[C@@H]1C[C@@](C(=O)OCC)([C@@H]2CC(=O)O[C@H]2O[C@@H]2C[C@H](C)CC[C@H]2C(C)C)N(OCC)O1. The molecule has 7 atom stereocenters. The highest BCUT2D eigenvalue weighted by molar-refractivity contribution is 5.86. The predicted molar refractivity (Wildman–Crippen MR) is 123 cm³/mol. The number of nitrogens with zero attached hydrogens (tertiary/aromatic N) is 1. The Hall–Kier alpha value is -1.75. The van der Waals surface area contributed by atoms with Gasteiger partial charge in [0.25, 0.3) is 0 Å². The summed E-state index contributed by atoms with van der Waals surface area (Å²) in [4.78, 5) is 50.2. The van der Waals surface area contributed by atoms with E-state index in [1.165, 1.54) is 0 Å². The van der Waals surface area contributed by atoms with Gasteiger partial charge in [0.15, 0.2) is 11.6 Å². The van der Waals surface area contributed by atoms with E-state index in [9.17, 15) is 14.4 Å². The molecule has 3 rings (SSSR count). The predicted octanol–water partition coefficient (Wildman–Crippen LogP) is 3.18. The summed E-state index contributed by atoms with van der Waals surface area (Å²) in [6.07, 6.45) is 0.554. The molecule has 0 spiro atoms. The van der Waals surface area contributed by atoms with E-state index in [0.717, 1.165) is 24.5 Å². The Kier molecular flexibility index (Phi) is 9.53. The third-order valence-corrected chi connectivity index (χ3v) is 7.32. The maximum atomic E-state index is 13.5. The van der Waals surface area contributed by atoms with Gasteiger partial charge in [-0.25, -0.2) is 9.59 Å². The minimum atomic E-state index is -1.62. The summed E-state index contributed by atoms with van der Waals surface area (Å²) < 4.78 is 22.7. The van der Waals surface area contributed by atoms with E-state index >= 15 is 0 Å². The normalized spacial score (nSPS) is 35.8. The first kappa shape index (κ1) is 27.8.